The first kappa shape index (κ1) is 22.8. The molecule has 0 aliphatic carbocycles. The molecule has 1 aliphatic heterocycles. The molecule has 1 amide bonds. The highest BCUT2D eigenvalue weighted by molar-refractivity contribution is 5.85. The van der Waals surface area contributed by atoms with Crippen molar-refractivity contribution in [3.63, 3.8) is 0 Å². The maximum Gasteiger partial charge on any atom is 0.401 e. The van der Waals surface area contributed by atoms with Crippen LogP contribution in [-0.4, -0.2) is 54.6 Å². The minimum atomic E-state index is -4.19. The summed E-state index contributed by atoms with van der Waals surface area (Å²) in [6, 6.07) is 7.05. The van der Waals surface area contributed by atoms with Gasteiger partial charge in [-0.25, -0.2) is 0 Å². The van der Waals surface area contributed by atoms with Gasteiger partial charge in [0.15, 0.2) is 0 Å². The van der Waals surface area contributed by atoms with E-state index in [-0.39, 0.29) is 43.7 Å². The number of amides is 1. The Morgan fingerprint density at radius 1 is 1.04 bits per heavy atom. The summed E-state index contributed by atoms with van der Waals surface area (Å²) in [5.41, 5.74) is 7.08. The number of halogens is 5. The van der Waals surface area contributed by atoms with Gasteiger partial charge in [0.2, 0.25) is 5.91 Å². The van der Waals surface area contributed by atoms with Crippen molar-refractivity contribution in [3.05, 3.63) is 29.8 Å². The summed E-state index contributed by atoms with van der Waals surface area (Å²) in [6.45, 7) is 0.553. The van der Waals surface area contributed by atoms with Crippen LogP contribution < -0.4 is 5.73 Å². The van der Waals surface area contributed by atoms with Crippen LogP contribution in [0.15, 0.2) is 24.3 Å². The van der Waals surface area contributed by atoms with Gasteiger partial charge < -0.3 is 10.6 Å². The second-order valence-corrected chi connectivity index (χ2v) is 5.54. The minimum Gasteiger partial charge on any atom is -0.399 e. The average molecular weight is 388 g/mol. The topological polar surface area (TPSA) is 49.6 Å². The summed E-state index contributed by atoms with van der Waals surface area (Å²) in [5, 5.41) is 0. The Morgan fingerprint density at radius 2 is 1.67 bits per heavy atom. The maximum absolute atomic E-state index is 12.4. The molecule has 9 heteroatoms. The Balaban J connectivity index is 0.00000264. The number of rotatable bonds is 3. The maximum atomic E-state index is 12.4. The standard InChI is InChI=1S/C15H20F3N3O.2ClH/c16-15(17,18)11-20-6-1-7-21(9-8-20)14(22)10-12-2-4-13(19)5-3-12;;/h2-5H,1,6-11,19H2;2*1H. The van der Waals surface area contributed by atoms with Crippen LogP contribution in [0.4, 0.5) is 18.9 Å². The molecule has 4 nitrogen and oxygen atoms in total. The quantitative estimate of drug-likeness (QED) is 0.811. The summed E-state index contributed by atoms with van der Waals surface area (Å²) in [4.78, 5) is 15.3. The van der Waals surface area contributed by atoms with E-state index in [9.17, 15) is 18.0 Å². The lowest BCUT2D eigenvalue weighted by atomic mass is 10.1. The number of carbonyl (C=O) groups is 1. The van der Waals surface area contributed by atoms with Crippen molar-refractivity contribution in [2.24, 2.45) is 0 Å². The van der Waals surface area contributed by atoms with Gasteiger partial charge in [-0.15, -0.1) is 24.8 Å². The fourth-order valence-electron chi connectivity index (χ4n) is 2.55. The molecule has 0 spiro atoms. The van der Waals surface area contributed by atoms with Gasteiger partial charge in [-0.05, 0) is 24.1 Å². The Hall–Kier alpha value is -1.18. The first-order valence-electron chi connectivity index (χ1n) is 7.25. The molecule has 2 rings (SSSR count). The number of nitrogen functional groups attached to an aromatic ring is 1. The Morgan fingerprint density at radius 3 is 2.25 bits per heavy atom. The van der Waals surface area contributed by atoms with Crippen LogP contribution in [0.1, 0.15) is 12.0 Å². The van der Waals surface area contributed by atoms with E-state index in [1.54, 1.807) is 29.2 Å². The molecule has 1 aliphatic rings. The Labute approximate surface area is 152 Å². The van der Waals surface area contributed by atoms with Crippen molar-refractivity contribution in [1.29, 1.82) is 0 Å². The van der Waals surface area contributed by atoms with Gasteiger partial charge in [-0.3, -0.25) is 9.69 Å². The fourth-order valence-corrected chi connectivity index (χ4v) is 2.55. The van der Waals surface area contributed by atoms with Gasteiger partial charge >= 0.3 is 6.18 Å². The third-order valence-electron chi connectivity index (χ3n) is 3.68. The highest BCUT2D eigenvalue weighted by Gasteiger charge is 2.31. The van der Waals surface area contributed by atoms with Crippen LogP contribution in [0.2, 0.25) is 0 Å². The summed E-state index contributed by atoms with van der Waals surface area (Å²) < 4.78 is 37.2. The van der Waals surface area contributed by atoms with Crippen molar-refractivity contribution in [1.82, 2.24) is 9.80 Å². The average Bonchev–Trinajstić information content (AvgIpc) is 2.65. The third kappa shape index (κ3) is 7.59. The third-order valence-corrected chi connectivity index (χ3v) is 3.68. The van der Waals surface area contributed by atoms with Crippen molar-refractivity contribution >= 4 is 36.4 Å². The molecule has 138 valence electrons. The largest absolute Gasteiger partial charge is 0.401 e. The predicted octanol–water partition coefficient (Wildman–Crippen LogP) is 2.75. The molecule has 1 aromatic rings. The van der Waals surface area contributed by atoms with Crippen molar-refractivity contribution < 1.29 is 18.0 Å². The van der Waals surface area contributed by atoms with Crippen molar-refractivity contribution in [3.8, 4) is 0 Å². The second-order valence-electron chi connectivity index (χ2n) is 5.54. The number of nitrogens with zero attached hydrogens (tertiary/aromatic N) is 2. The van der Waals surface area contributed by atoms with E-state index in [2.05, 4.69) is 0 Å². The normalized spacial score (nSPS) is 15.9. The number of anilines is 1. The minimum absolute atomic E-state index is 0. The first-order chi connectivity index (χ1) is 10.3. The molecule has 1 saturated heterocycles. The molecule has 0 bridgehead atoms. The van der Waals surface area contributed by atoms with Gasteiger partial charge in [-0.1, -0.05) is 12.1 Å². The fraction of sp³-hybridized carbons (Fsp3) is 0.533. The van der Waals surface area contributed by atoms with E-state index in [0.29, 0.717) is 31.7 Å². The number of alkyl halides is 3. The van der Waals surface area contributed by atoms with Gasteiger partial charge in [-0.2, -0.15) is 13.2 Å². The van der Waals surface area contributed by atoms with E-state index >= 15 is 0 Å². The van der Waals surface area contributed by atoms with Gasteiger partial charge in [0.25, 0.3) is 0 Å². The van der Waals surface area contributed by atoms with E-state index in [1.807, 2.05) is 0 Å². The van der Waals surface area contributed by atoms with E-state index in [0.717, 1.165) is 5.56 Å². The SMILES string of the molecule is Cl.Cl.Nc1ccc(CC(=O)N2CCCN(CC(F)(F)F)CC2)cc1. The smallest absolute Gasteiger partial charge is 0.399 e. The van der Waals surface area contributed by atoms with Crippen LogP contribution in [0, 0.1) is 0 Å². The molecule has 0 aromatic heterocycles. The second kappa shape index (κ2) is 9.96. The molecular weight excluding hydrogens is 366 g/mol. The molecule has 0 unspecified atom stereocenters. The number of carbonyl (C=O) groups excluding carboxylic acids is 1. The van der Waals surface area contributed by atoms with Gasteiger partial charge in [0, 0.05) is 31.9 Å². The van der Waals surface area contributed by atoms with Crippen molar-refractivity contribution in [2.45, 2.75) is 19.0 Å². The molecule has 1 heterocycles. The Bertz CT molecular complexity index is 512. The van der Waals surface area contributed by atoms with Crippen molar-refractivity contribution in [2.75, 3.05) is 38.5 Å². The lowest BCUT2D eigenvalue weighted by molar-refractivity contribution is -0.145. The number of nitrogens with two attached hydrogens (primary N) is 1. The highest BCUT2D eigenvalue weighted by Crippen LogP contribution is 2.18. The molecule has 0 atom stereocenters. The van der Waals surface area contributed by atoms with E-state index < -0.39 is 12.7 Å². The monoisotopic (exact) mass is 387 g/mol. The lowest BCUT2D eigenvalue weighted by Crippen LogP contribution is -2.39. The zero-order valence-electron chi connectivity index (χ0n) is 13.1. The van der Waals surface area contributed by atoms with E-state index in [4.69, 9.17) is 5.73 Å². The lowest BCUT2D eigenvalue weighted by Gasteiger charge is -2.22. The summed E-state index contributed by atoms with van der Waals surface area (Å²) in [6.07, 6.45) is -3.38. The molecule has 0 radical (unpaired) electrons. The van der Waals surface area contributed by atoms with Gasteiger partial charge in [0.05, 0.1) is 13.0 Å². The van der Waals surface area contributed by atoms with Gasteiger partial charge in [0.1, 0.15) is 0 Å². The van der Waals surface area contributed by atoms with E-state index in [1.165, 1.54) is 4.90 Å². The number of hydrogen-bond donors (Lipinski definition) is 1. The molecule has 2 N–H and O–H groups in total. The van der Waals surface area contributed by atoms with Crippen LogP contribution in [0.25, 0.3) is 0 Å². The summed E-state index contributed by atoms with van der Waals surface area (Å²) >= 11 is 0. The number of benzene rings is 1. The zero-order chi connectivity index (χ0) is 16.2. The predicted molar refractivity (Wildman–Crippen MR) is 92.7 cm³/mol. The molecule has 24 heavy (non-hydrogen) atoms. The molecule has 1 aromatic carbocycles. The molecule has 0 saturated carbocycles. The van der Waals surface area contributed by atoms with Crippen LogP contribution >= 0.6 is 24.8 Å². The summed E-state index contributed by atoms with van der Waals surface area (Å²) in [7, 11) is 0. The zero-order valence-corrected chi connectivity index (χ0v) is 14.7. The first-order valence-corrected chi connectivity index (χ1v) is 7.25. The van der Waals surface area contributed by atoms with Crippen LogP contribution in [0.5, 0.6) is 0 Å². The van der Waals surface area contributed by atoms with Crippen LogP contribution in [-0.2, 0) is 11.2 Å². The number of hydrogen-bond acceptors (Lipinski definition) is 3. The highest BCUT2D eigenvalue weighted by atomic mass is 35.5. The molecular formula is C15H22Cl2F3N3O. The summed E-state index contributed by atoms with van der Waals surface area (Å²) in [5.74, 6) is -0.0568. The van der Waals surface area contributed by atoms with Crippen LogP contribution in [0.3, 0.4) is 0 Å². The Kier molecular flexibility index (Phi) is 9.47. The molecule has 1 fully saturated rings.